The highest BCUT2D eigenvalue weighted by atomic mass is 15.2. The number of hydrogen-bond donors (Lipinski definition) is 1. The molecule has 2 heteroatoms. The predicted octanol–water partition coefficient (Wildman–Crippen LogP) is 3.47. The van der Waals surface area contributed by atoms with Crippen molar-refractivity contribution >= 4 is 0 Å². The van der Waals surface area contributed by atoms with Crippen LogP contribution < -0.4 is 5.32 Å². The molecule has 0 radical (unpaired) electrons. The first-order valence-electron chi connectivity index (χ1n) is 8.71. The van der Waals surface area contributed by atoms with Crippen LogP contribution >= 0.6 is 0 Å². The van der Waals surface area contributed by atoms with Gasteiger partial charge in [-0.3, -0.25) is 0 Å². The maximum Gasteiger partial charge on any atom is 0.00988 e. The van der Waals surface area contributed by atoms with Gasteiger partial charge >= 0.3 is 0 Å². The standard InChI is InChI=1S/C19H30N2/c1-15(8-9-16-6-4-3-5-7-16)20-14-17-12-18-10-11-19(13-17)21(18)2/h3-7,15,17-20H,8-14H2,1-2H3. The lowest BCUT2D eigenvalue weighted by Gasteiger charge is -2.36. The fraction of sp³-hybridized carbons (Fsp3) is 0.684. The van der Waals surface area contributed by atoms with Gasteiger partial charge in [-0.05, 0) is 70.5 Å². The minimum Gasteiger partial charge on any atom is -0.314 e. The third kappa shape index (κ3) is 3.87. The van der Waals surface area contributed by atoms with Crippen LogP contribution in [-0.4, -0.2) is 36.6 Å². The van der Waals surface area contributed by atoms with Crippen molar-refractivity contribution in [2.75, 3.05) is 13.6 Å². The van der Waals surface area contributed by atoms with Crippen molar-refractivity contribution in [2.24, 2.45) is 5.92 Å². The largest absolute Gasteiger partial charge is 0.314 e. The monoisotopic (exact) mass is 286 g/mol. The quantitative estimate of drug-likeness (QED) is 0.861. The molecule has 2 aliphatic heterocycles. The third-order valence-electron chi connectivity index (χ3n) is 5.66. The molecule has 3 unspecified atom stereocenters. The van der Waals surface area contributed by atoms with E-state index in [9.17, 15) is 0 Å². The fourth-order valence-electron chi connectivity index (χ4n) is 4.19. The van der Waals surface area contributed by atoms with Crippen molar-refractivity contribution in [3.05, 3.63) is 35.9 Å². The summed E-state index contributed by atoms with van der Waals surface area (Å²) in [5.41, 5.74) is 1.46. The smallest absolute Gasteiger partial charge is 0.00988 e. The zero-order valence-electron chi connectivity index (χ0n) is 13.6. The second-order valence-corrected chi connectivity index (χ2v) is 7.22. The number of benzene rings is 1. The SMILES string of the molecule is CC(CCc1ccccc1)NCC1CC2CCC(C1)N2C. The average molecular weight is 286 g/mol. The lowest BCUT2D eigenvalue weighted by Crippen LogP contribution is -2.43. The van der Waals surface area contributed by atoms with Gasteiger partial charge in [0.2, 0.25) is 0 Å². The van der Waals surface area contributed by atoms with Crippen LogP contribution in [0, 0.1) is 5.92 Å². The van der Waals surface area contributed by atoms with Crippen molar-refractivity contribution in [3.8, 4) is 0 Å². The lowest BCUT2D eigenvalue weighted by atomic mass is 9.91. The Labute approximate surface area is 129 Å². The number of rotatable bonds is 6. The van der Waals surface area contributed by atoms with Gasteiger partial charge in [0.1, 0.15) is 0 Å². The van der Waals surface area contributed by atoms with E-state index in [-0.39, 0.29) is 0 Å². The lowest BCUT2D eigenvalue weighted by molar-refractivity contribution is 0.131. The van der Waals surface area contributed by atoms with E-state index in [1.807, 2.05) is 0 Å². The highest BCUT2D eigenvalue weighted by Gasteiger charge is 2.38. The van der Waals surface area contributed by atoms with Gasteiger partial charge in [-0.15, -0.1) is 0 Å². The van der Waals surface area contributed by atoms with Crippen molar-refractivity contribution in [1.82, 2.24) is 10.2 Å². The molecule has 1 N–H and O–H groups in total. The highest BCUT2D eigenvalue weighted by Crippen LogP contribution is 2.37. The van der Waals surface area contributed by atoms with Gasteiger partial charge in [-0.25, -0.2) is 0 Å². The molecule has 1 aromatic carbocycles. The van der Waals surface area contributed by atoms with Crippen molar-refractivity contribution in [1.29, 1.82) is 0 Å². The highest BCUT2D eigenvalue weighted by molar-refractivity contribution is 5.14. The van der Waals surface area contributed by atoms with Crippen LogP contribution in [0.2, 0.25) is 0 Å². The second-order valence-electron chi connectivity index (χ2n) is 7.22. The van der Waals surface area contributed by atoms with Crippen LogP contribution in [0.1, 0.15) is 44.6 Å². The number of nitrogens with one attached hydrogen (secondary N) is 1. The Morgan fingerprint density at radius 2 is 1.81 bits per heavy atom. The third-order valence-corrected chi connectivity index (χ3v) is 5.66. The Balaban J connectivity index is 1.37. The summed E-state index contributed by atoms with van der Waals surface area (Å²) in [5.74, 6) is 0.901. The molecule has 0 aromatic heterocycles. The molecule has 0 amide bonds. The van der Waals surface area contributed by atoms with E-state index in [4.69, 9.17) is 0 Å². The molecule has 2 bridgehead atoms. The number of nitrogens with zero attached hydrogens (tertiary/aromatic N) is 1. The predicted molar refractivity (Wildman–Crippen MR) is 89.5 cm³/mol. The van der Waals surface area contributed by atoms with Crippen LogP contribution in [0.4, 0.5) is 0 Å². The van der Waals surface area contributed by atoms with Gasteiger partial charge in [-0.1, -0.05) is 30.3 Å². The Morgan fingerprint density at radius 1 is 1.14 bits per heavy atom. The summed E-state index contributed by atoms with van der Waals surface area (Å²) in [4.78, 5) is 2.63. The molecule has 2 heterocycles. The van der Waals surface area contributed by atoms with E-state index in [0.717, 1.165) is 18.0 Å². The molecule has 2 aliphatic rings. The summed E-state index contributed by atoms with van der Waals surface area (Å²) in [6, 6.07) is 13.2. The van der Waals surface area contributed by atoms with Gasteiger partial charge in [-0.2, -0.15) is 0 Å². The summed E-state index contributed by atoms with van der Waals surface area (Å²) in [5, 5.41) is 3.79. The van der Waals surface area contributed by atoms with Gasteiger partial charge in [0.25, 0.3) is 0 Å². The Bertz CT molecular complexity index is 416. The molecule has 2 saturated heterocycles. The molecule has 3 atom stereocenters. The first kappa shape index (κ1) is 15.1. The zero-order valence-corrected chi connectivity index (χ0v) is 13.6. The zero-order chi connectivity index (χ0) is 14.7. The summed E-state index contributed by atoms with van der Waals surface area (Å²) in [7, 11) is 2.33. The minimum atomic E-state index is 0.627. The number of hydrogen-bond acceptors (Lipinski definition) is 2. The maximum atomic E-state index is 3.79. The number of piperidine rings is 1. The topological polar surface area (TPSA) is 15.3 Å². The normalized spacial score (nSPS) is 30.5. The summed E-state index contributed by atoms with van der Waals surface area (Å²) in [6.45, 7) is 3.56. The molecule has 2 fully saturated rings. The van der Waals surface area contributed by atoms with E-state index in [1.165, 1.54) is 50.6 Å². The number of aryl methyl sites for hydroxylation is 1. The Hall–Kier alpha value is -0.860. The van der Waals surface area contributed by atoms with Crippen LogP contribution in [0.15, 0.2) is 30.3 Å². The Kier molecular flexibility index (Phi) is 4.97. The van der Waals surface area contributed by atoms with Crippen molar-refractivity contribution in [3.63, 3.8) is 0 Å². The molecule has 0 aliphatic carbocycles. The molecular weight excluding hydrogens is 256 g/mol. The number of fused-ring (bicyclic) bond motifs is 2. The van der Waals surface area contributed by atoms with Crippen molar-refractivity contribution in [2.45, 2.75) is 63.6 Å². The van der Waals surface area contributed by atoms with E-state index >= 15 is 0 Å². The average Bonchev–Trinajstić information content (AvgIpc) is 2.74. The summed E-state index contributed by atoms with van der Waals surface area (Å²) < 4.78 is 0. The van der Waals surface area contributed by atoms with Gasteiger partial charge in [0.05, 0.1) is 0 Å². The summed E-state index contributed by atoms with van der Waals surface area (Å²) in [6.07, 6.45) is 8.11. The Morgan fingerprint density at radius 3 is 2.48 bits per heavy atom. The van der Waals surface area contributed by atoms with Crippen LogP contribution in [0.3, 0.4) is 0 Å². The molecule has 116 valence electrons. The molecule has 3 rings (SSSR count). The molecule has 1 aromatic rings. The second kappa shape index (κ2) is 6.93. The van der Waals surface area contributed by atoms with E-state index in [2.05, 4.69) is 54.5 Å². The van der Waals surface area contributed by atoms with E-state index in [1.54, 1.807) is 0 Å². The maximum absolute atomic E-state index is 3.79. The molecular formula is C19H30N2. The fourth-order valence-corrected chi connectivity index (χ4v) is 4.19. The molecule has 0 saturated carbocycles. The summed E-state index contributed by atoms with van der Waals surface area (Å²) >= 11 is 0. The van der Waals surface area contributed by atoms with Gasteiger partial charge < -0.3 is 10.2 Å². The first-order valence-corrected chi connectivity index (χ1v) is 8.71. The minimum absolute atomic E-state index is 0.627. The first-order chi connectivity index (χ1) is 10.2. The van der Waals surface area contributed by atoms with Gasteiger partial charge in [0.15, 0.2) is 0 Å². The van der Waals surface area contributed by atoms with Crippen LogP contribution in [-0.2, 0) is 6.42 Å². The van der Waals surface area contributed by atoms with Crippen LogP contribution in [0.25, 0.3) is 0 Å². The van der Waals surface area contributed by atoms with E-state index < -0.39 is 0 Å². The molecule has 0 spiro atoms. The van der Waals surface area contributed by atoms with Crippen LogP contribution in [0.5, 0.6) is 0 Å². The molecule has 2 nitrogen and oxygen atoms in total. The van der Waals surface area contributed by atoms with Gasteiger partial charge in [0, 0.05) is 18.1 Å². The van der Waals surface area contributed by atoms with Crippen molar-refractivity contribution < 1.29 is 0 Å². The van der Waals surface area contributed by atoms with E-state index in [0.29, 0.717) is 6.04 Å². The molecule has 21 heavy (non-hydrogen) atoms.